The third-order valence-corrected chi connectivity index (χ3v) is 10.5. The van der Waals surface area contributed by atoms with Crippen LogP contribution in [0.15, 0.2) is 0 Å². The average molecular weight is 407 g/mol. The molecule has 4 rings (SSSR count). The predicted molar refractivity (Wildman–Crippen MR) is 113 cm³/mol. The zero-order valence-electron chi connectivity index (χ0n) is 18.9. The molecule has 0 heterocycles. The predicted octanol–water partition coefficient (Wildman–Crippen LogP) is 4.57. The van der Waals surface area contributed by atoms with Crippen molar-refractivity contribution in [3.8, 4) is 0 Å². The molecule has 0 aliphatic heterocycles. The Labute approximate surface area is 176 Å². The van der Waals surface area contributed by atoms with Crippen molar-refractivity contribution in [1.82, 2.24) is 0 Å². The zero-order chi connectivity index (χ0) is 21.0. The second-order valence-electron chi connectivity index (χ2n) is 11.5. The van der Waals surface area contributed by atoms with Crippen molar-refractivity contribution >= 4 is 5.97 Å². The van der Waals surface area contributed by atoms with E-state index >= 15 is 0 Å². The number of methoxy groups -OCH3 is 1. The Morgan fingerprint density at radius 3 is 2.55 bits per heavy atom. The number of aliphatic hydroxyl groups is 2. The van der Waals surface area contributed by atoms with Gasteiger partial charge in [0.05, 0.1) is 19.3 Å². The number of fused-ring (bicyclic) bond motifs is 5. The summed E-state index contributed by atoms with van der Waals surface area (Å²) in [5, 5.41) is 21.8. The fourth-order valence-electron chi connectivity index (χ4n) is 8.81. The number of hydrogen-bond donors (Lipinski definition) is 2. The fraction of sp³-hybridized carbons (Fsp3) is 0.960. The first-order chi connectivity index (χ1) is 13.7. The number of carbonyl (C=O) groups is 1. The maximum absolute atomic E-state index is 11.6. The maximum Gasteiger partial charge on any atom is 0.305 e. The molecule has 0 radical (unpaired) electrons. The van der Waals surface area contributed by atoms with Crippen molar-refractivity contribution in [3.63, 3.8) is 0 Å². The molecule has 2 N–H and O–H groups in total. The minimum Gasteiger partial charge on any atom is -0.469 e. The van der Waals surface area contributed by atoms with Crippen molar-refractivity contribution in [2.45, 2.75) is 97.2 Å². The number of ether oxygens (including phenoxy) is 1. The molecule has 4 heteroatoms. The van der Waals surface area contributed by atoms with Gasteiger partial charge in [0.1, 0.15) is 0 Å². The highest BCUT2D eigenvalue weighted by molar-refractivity contribution is 5.69. The summed E-state index contributed by atoms with van der Waals surface area (Å²) in [6.45, 7) is 7.12. The Bertz CT molecular complexity index is 620. The van der Waals surface area contributed by atoms with Crippen LogP contribution in [0, 0.1) is 46.3 Å². The summed E-state index contributed by atoms with van der Waals surface area (Å²) in [5.41, 5.74) is 0.271. The van der Waals surface area contributed by atoms with Crippen LogP contribution in [0.1, 0.15) is 85.0 Å². The van der Waals surface area contributed by atoms with E-state index in [4.69, 9.17) is 4.74 Å². The lowest BCUT2D eigenvalue weighted by molar-refractivity contribution is -0.175. The van der Waals surface area contributed by atoms with E-state index < -0.39 is 0 Å². The molecule has 0 bridgehead atoms. The van der Waals surface area contributed by atoms with Gasteiger partial charge in [-0.2, -0.15) is 0 Å². The summed E-state index contributed by atoms with van der Waals surface area (Å²) in [6, 6.07) is 0. The molecular formula is C25H42O4. The monoisotopic (exact) mass is 406 g/mol. The number of carbonyl (C=O) groups excluding carboxylic acids is 1. The SMILES string of the molecule is COC(=O)CC[C@H](C)[C@@H]1CC[C@H]2[C@@H]3CC[C@@H]4C[C@H](O)CC[C@]4(C)[C@@H]3C[C@H](O)[C@@]21C. The number of esters is 1. The highest BCUT2D eigenvalue weighted by Crippen LogP contribution is 2.68. The molecule has 29 heavy (non-hydrogen) atoms. The van der Waals surface area contributed by atoms with E-state index in [1.54, 1.807) is 0 Å². The molecule has 4 saturated carbocycles. The first-order valence-electron chi connectivity index (χ1n) is 12.1. The third-order valence-electron chi connectivity index (χ3n) is 10.5. The number of rotatable bonds is 4. The normalized spacial score (nSPS) is 50.2. The van der Waals surface area contributed by atoms with Crippen LogP contribution in [-0.2, 0) is 9.53 Å². The highest BCUT2D eigenvalue weighted by Gasteiger charge is 2.63. The van der Waals surface area contributed by atoms with Gasteiger partial charge in [0.2, 0.25) is 0 Å². The second kappa shape index (κ2) is 7.82. The highest BCUT2D eigenvalue weighted by atomic mass is 16.5. The summed E-state index contributed by atoms with van der Waals surface area (Å²) in [4.78, 5) is 11.6. The Balaban J connectivity index is 1.53. The van der Waals surface area contributed by atoms with Crippen molar-refractivity contribution in [1.29, 1.82) is 0 Å². The lowest BCUT2D eigenvalue weighted by atomic mass is 9.43. The molecule has 0 aromatic carbocycles. The molecule has 4 aliphatic carbocycles. The molecule has 0 amide bonds. The van der Waals surface area contributed by atoms with E-state index in [1.807, 2.05) is 0 Å². The minimum absolute atomic E-state index is 0.0198. The zero-order valence-corrected chi connectivity index (χ0v) is 18.9. The molecule has 10 atom stereocenters. The second-order valence-corrected chi connectivity index (χ2v) is 11.5. The van der Waals surface area contributed by atoms with Crippen LogP contribution in [0.3, 0.4) is 0 Å². The van der Waals surface area contributed by atoms with Crippen LogP contribution in [0.25, 0.3) is 0 Å². The van der Waals surface area contributed by atoms with Crippen molar-refractivity contribution in [3.05, 3.63) is 0 Å². The Kier molecular flexibility index (Phi) is 5.83. The molecule has 0 aromatic rings. The van der Waals surface area contributed by atoms with Crippen molar-refractivity contribution in [2.75, 3.05) is 7.11 Å². The number of hydrogen-bond acceptors (Lipinski definition) is 4. The van der Waals surface area contributed by atoms with Crippen LogP contribution in [0.5, 0.6) is 0 Å². The molecule has 0 unspecified atom stereocenters. The molecular weight excluding hydrogens is 364 g/mol. The quantitative estimate of drug-likeness (QED) is 0.671. The first-order valence-corrected chi connectivity index (χ1v) is 12.1. The number of aliphatic hydroxyl groups excluding tert-OH is 2. The van der Waals surface area contributed by atoms with E-state index in [0.717, 1.165) is 38.0 Å². The van der Waals surface area contributed by atoms with Crippen molar-refractivity contribution in [2.24, 2.45) is 46.3 Å². The molecule has 4 fully saturated rings. The molecule has 4 aliphatic rings. The third kappa shape index (κ3) is 3.37. The largest absolute Gasteiger partial charge is 0.469 e. The van der Waals surface area contributed by atoms with Gasteiger partial charge in [-0.3, -0.25) is 4.79 Å². The van der Waals surface area contributed by atoms with Crippen LogP contribution in [-0.4, -0.2) is 35.5 Å². The summed E-state index contributed by atoms with van der Waals surface area (Å²) in [7, 11) is 1.46. The van der Waals surface area contributed by atoms with Gasteiger partial charge in [0.25, 0.3) is 0 Å². The van der Waals surface area contributed by atoms with Gasteiger partial charge in [0.15, 0.2) is 0 Å². The fourth-order valence-corrected chi connectivity index (χ4v) is 8.81. The summed E-state index contributed by atoms with van der Waals surface area (Å²) >= 11 is 0. The van der Waals surface area contributed by atoms with Gasteiger partial charge in [-0.1, -0.05) is 20.8 Å². The lowest BCUT2D eigenvalue weighted by Crippen LogP contribution is -2.58. The van der Waals surface area contributed by atoms with Crippen LogP contribution >= 0.6 is 0 Å². The van der Waals surface area contributed by atoms with Crippen LogP contribution in [0.2, 0.25) is 0 Å². The average Bonchev–Trinajstić information content (AvgIpc) is 3.06. The Morgan fingerprint density at radius 1 is 1.07 bits per heavy atom. The van der Waals surface area contributed by atoms with E-state index in [0.29, 0.717) is 41.4 Å². The van der Waals surface area contributed by atoms with E-state index in [1.165, 1.54) is 32.8 Å². The molecule has 0 aromatic heterocycles. The summed E-state index contributed by atoms with van der Waals surface area (Å²) < 4.78 is 4.85. The summed E-state index contributed by atoms with van der Waals surface area (Å²) in [6.07, 6.45) is 9.86. The standard InChI is InChI=1S/C25H42O4/c1-15(5-10-23(28)29-4)19-8-9-20-18-7-6-16-13-17(26)11-12-24(16,2)21(18)14-22(27)25(19,20)3/h15-22,26-27H,5-14H2,1-4H3/t15-,16+,17+,18-,19-,20-,21+,22-,24-,25+/m0/s1. The molecule has 0 saturated heterocycles. The molecule has 4 nitrogen and oxygen atoms in total. The van der Waals surface area contributed by atoms with E-state index in [9.17, 15) is 15.0 Å². The maximum atomic E-state index is 11.6. The Morgan fingerprint density at radius 2 is 1.83 bits per heavy atom. The topological polar surface area (TPSA) is 66.8 Å². The first kappa shape index (κ1) is 21.6. The van der Waals surface area contributed by atoms with Crippen molar-refractivity contribution < 1.29 is 19.7 Å². The van der Waals surface area contributed by atoms with E-state index in [2.05, 4.69) is 20.8 Å². The Hall–Kier alpha value is -0.610. The lowest BCUT2D eigenvalue weighted by Gasteiger charge is -2.62. The van der Waals surface area contributed by atoms with Gasteiger partial charge >= 0.3 is 5.97 Å². The van der Waals surface area contributed by atoms with Gasteiger partial charge in [0, 0.05) is 6.42 Å². The smallest absolute Gasteiger partial charge is 0.305 e. The molecule has 166 valence electrons. The minimum atomic E-state index is -0.246. The van der Waals surface area contributed by atoms with Crippen LogP contribution < -0.4 is 0 Å². The van der Waals surface area contributed by atoms with Gasteiger partial charge in [-0.05, 0) is 104 Å². The summed E-state index contributed by atoms with van der Waals surface area (Å²) in [5.74, 6) is 3.36. The van der Waals surface area contributed by atoms with Gasteiger partial charge in [-0.15, -0.1) is 0 Å². The van der Waals surface area contributed by atoms with Gasteiger partial charge < -0.3 is 14.9 Å². The molecule has 0 spiro atoms. The van der Waals surface area contributed by atoms with Gasteiger partial charge in [-0.25, -0.2) is 0 Å². The van der Waals surface area contributed by atoms with E-state index in [-0.39, 0.29) is 23.6 Å². The van der Waals surface area contributed by atoms with Crippen LogP contribution in [0.4, 0.5) is 0 Å².